The summed E-state index contributed by atoms with van der Waals surface area (Å²) in [6.07, 6.45) is 3.62. The van der Waals surface area contributed by atoms with E-state index in [9.17, 15) is 0 Å². The van der Waals surface area contributed by atoms with E-state index in [1.54, 1.807) is 0 Å². The van der Waals surface area contributed by atoms with E-state index < -0.39 is 8.80 Å². The Labute approximate surface area is 90.8 Å². The molecule has 1 rings (SSSR count). The summed E-state index contributed by atoms with van der Waals surface area (Å²) < 4.78 is 5.56. The van der Waals surface area contributed by atoms with Crippen LogP contribution in [0.5, 0.6) is 0 Å². The Hall–Kier alpha value is 0.345. The maximum Gasteiger partial charge on any atom is 0.0112 e. The summed E-state index contributed by atoms with van der Waals surface area (Å²) in [7, 11) is -1.05. The molecule has 1 aliphatic heterocycles. The summed E-state index contributed by atoms with van der Waals surface area (Å²) in [5, 5.41) is 0. The summed E-state index contributed by atoms with van der Waals surface area (Å²) in [6.45, 7) is 8.50. The molecule has 3 heteroatoms. The van der Waals surface area contributed by atoms with Crippen LogP contribution < -0.4 is 0 Å². The Bertz CT molecular complexity index is 135. The molecule has 12 heavy (non-hydrogen) atoms. The molecule has 0 aliphatic carbocycles. The monoisotopic (exact) mass is 362 g/mol. The van der Waals surface area contributed by atoms with Crippen LogP contribution in [0.2, 0.25) is 0 Å². The first-order chi connectivity index (χ1) is 5.38. The van der Waals surface area contributed by atoms with Crippen LogP contribution >= 0.6 is 0 Å². The average molecular weight is 362 g/mol. The van der Waals surface area contributed by atoms with Gasteiger partial charge in [0.2, 0.25) is 0 Å². The molecule has 0 amide bonds. The zero-order valence-corrected chi connectivity index (χ0v) is 10.6. The van der Waals surface area contributed by atoms with Gasteiger partial charge in [0.1, 0.15) is 0 Å². The molecule has 72 valence electrons. The second-order valence-corrected chi connectivity index (χ2v) is 5.41. The van der Waals surface area contributed by atoms with Crippen molar-refractivity contribution >= 4 is 8.80 Å². The van der Waals surface area contributed by atoms with Crippen molar-refractivity contribution in [3.63, 3.8) is 0 Å². The van der Waals surface area contributed by atoms with Gasteiger partial charge in [-0.1, -0.05) is 6.42 Å². The largest absolute Gasteiger partial charge is 0.550 e. The summed E-state index contributed by atoms with van der Waals surface area (Å²) in [4.78, 5) is 0. The number of hydrogen-bond donors (Lipinski definition) is 0. The van der Waals surface area contributed by atoms with Gasteiger partial charge in [0.05, 0.1) is 0 Å². The van der Waals surface area contributed by atoms with E-state index in [0.717, 1.165) is 13.0 Å². The summed E-state index contributed by atoms with van der Waals surface area (Å²) >= 11 is 0. The van der Waals surface area contributed by atoms with Crippen molar-refractivity contribution in [1.82, 2.24) is 0 Å². The minimum absolute atomic E-state index is 0. The molecule has 0 bridgehead atoms. The first kappa shape index (κ1) is 12.3. The van der Waals surface area contributed by atoms with E-state index in [4.69, 9.17) is 4.74 Å². The van der Waals surface area contributed by atoms with Gasteiger partial charge in [-0.2, -0.15) is 12.1 Å². The fraction of sp³-hybridized carbons (Fsp3) is 0.444. The molecule has 0 aromatic carbocycles. The van der Waals surface area contributed by atoms with Crippen LogP contribution in [-0.2, 0) is 25.8 Å². The second-order valence-electron chi connectivity index (χ2n) is 2.77. The fourth-order valence-corrected chi connectivity index (χ4v) is 2.86. The van der Waals surface area contributed by atoms with Crippen molar-refractivity contribution in [2.45, 2.75) is 19.3 Å². The van der Waals surface area contributed by atoms with Crippen LogP contribution in [0.3, 0.4) is 0 Å². The molecule has 1 nitrogen and oxygen atoms in total. The maximum atomic E-state index is 5.56. The number of ether oxygens (including phenoxy) is 1. The first-order valence-electron chi connectivity index (χ1n) is 4.12. The fourth-order valence-electron chi connectivity index (χ4n) is 1.30. The van der Waals surface area contributed by atoms with E-state index in [1.807, 2.05) is 11.4 Å². The molecule has 0 spiro atoms. The second kappa shape index (κ2) is 6.82. The maximum absolute atomic E-state index is 5.56. The van der Waals surface area contributed by atoms with Gasteiger partial charge >= 0.3 is 0 Å². The van der Waals surface area contributed by atoms with Gasteiger partial charge in [0.25, 0.3) is 0 Å². The van der Waals surface area contributed by atoms with Gasteiger partial charge < -0.3 is 4.74 Å². The molecule has 1 aliphatic rings. The topological polar surface area (TPSA) is 9.23 Å². The molecule has 1 fully saturated rings. The van der Waals surface area contributed by atoms with Crippen LogP contribution in [-0.4, -0.2) is 15.4 Å². The van der Waals surface area contributed by atoms with Crippen LogP contribution in [0, 0.1) is 5.73 Å². The van der Waals surface area contributed by atoms with E-state index in [1.165, 1.54) is 18.6 Å². The normalized spacial score (nSPS) is 18.4. The average Bonchev–Trinajstić information content (AvgIpc) is 2.09. The minimum Gasteiger partial charge on any atom is -0.550 e. The quantitative estimate of drug-likeness (QED) is 0.551. The standard InChI is InChI=1S/C9H15OSi.Pt/c1-3-11(4-2)9-7-5-6-8-10-9;/h3-4,11H,1-2,5-8H2;/q-1;. The van der Waals surface area contributed by atoms with Crippen molar-refractivity contribution in [2.24, 2.45) is 0 Å². The third-order valence-electron chi connectivity index (χ3n) is 1.98. The summed E-state index contributed by atoms with van der Waals surface area (Å²) in [6, 6.07) is 0. The minimum atomic E-state index is -1.05. The Morgan fingerprint density at radius 1 is 1.25 bits per heavy atom. The van der Waals surface area contributed by atoms with Gasteiger partial charge in [0, 0.05) is 27.7 Å². The Balaban J connectivity index is 0.00000121. The van der Waals surface area contributed by atoms with Crippen LogP contribution in [0.4, 0.5) is 0 Å². The van der Waals surface area contributed by atoms with Crippen molar-refractivity contribution < 1.29 is 25.8 Å². The Morgan fingerprint density at radius 3 is 2.33 bits per heavy atom. The van der Waals surface area contributed by atoms with E-state index >= 15 is 0 Å². The molecule has 0 saturated carbocycles. The smallest absolute Gasteiger partial charge is 0.0112 e. The van der Waals surface area contributed by atoms with Gasteiger partial charge in [-0.3, -0.25) is 0 Å². The molecular formula is C9H15OPtSi-. The molecule has 0 atom stereocenters. The van der Waals surface area contributed by atoms with Crippen molar-refractivity contribution in [1.29, 1.82) is 0 Å². The van der Waals surface area contributed by atoms with Gasteiger partial charge in [-0.25, -0.2) is 0 Å². The Kier molecular flexibility index (Phi) is 7.01. The molecule has 0 aromatic rings. The summed E-state index contributed by atoms with van der Waals surface area (Å²) in [5.41, 5.74) is 5.32. The molecule has 0 unspecified atom stereocenters. The molecule has 1 saturated heterocycles. The van der Waals surface area contributed by atoms with E-state index in [2.05, 4.69) is 13.2 Å². The third-order valence-corrected chi connectivity index (χ3v) is 4.20. The predicted molar refractivity (Wildman–Crippen MR) is 50.6 cm³/mol. The van der Waals surface area contributed by atoms with Gasteiger partial charge in [-0.05, 0) is 15.2 Å². The third kappa shape index (κ3) is 3.38. The zero-order chi connectivity index (χ0) is 8.10. The van der Waals surface area contributed by atoms with Crippen LogP contribution in [0.1, 0.15) is 19.3 Å². The molecule has 0 aromatic heterocycles. The molecular weight excluding hydrogens is 347 g/mol. The molecule has 1 heterocycles. The van der Waals surface area contributed by atoms with Crippen molar-refractivity contribution in [3.8, 4) is 0 Å². The van der Waals surface area contributed by atoms with Crippen molar-refractivity contribution in [3.05, 3.63) is 30.3 Å². The predicted octanol–water partition coefficient (Wildman–Crippen LogP) is 1.93. The Morgan fingerprint density at radius 2 is 1.92 bits per heavy atom. The van der Waals surface area contributed by atoms with E-state index in [-0.39, 0.29) is 21.1 Å². The zero-order valence-electron chi connectivity index (χ0n) is 7.20. The van der Waals surface area contributed by atoms with E-state index in [0.29, 0.717) is 0 Å². The number of hydrogen-bond acceptors (Lipinski definition) is 1. The number of rotatable bonds is 3. The molecule has 0 radical (unpaired) electrons. The van der Waals surface area contributed by atoms with Gasteiger partial charge in [0.15, 0.2) is 0 Å². The van der Waals surface area contributed by atoms with Crippen LogP contribution in [0.25, 0.3) is 0 Å². The summed E-state index contributed by atoms with van der Waals surface area (Å²) in [5.74, 6) is 0. The SMILES string of the molecule is C=C[SiH](C=C)[C-]1CCCCO1.[Pt]. The van der Waals surface area contributed by atoms with Crippen molar-refractivity contribution in [2.75, 3.05) is 6.61 Å². The van der Waals surface area contributed by atoms with Gasteiger partial charge in [-0.15, -0.1) is 24.6 Å². The molecule has 0 N–H and O–H groups in total. The van der Waals surface area contributed by atoms with Crippen LogP contribution in [0.15, 0.2) is 24.6 Å². The first-order valence-corrected chi connectivity index (χ1v) is 6.03.